The summed E-state index contributed by atoms with van der Waals surface area (Å²) in [5.41, 5.74) is 2.66. The van der Waals surface area contributed by atoms with E-state index in [2.05, 4.69) is 51.2 Å². The third-order valence-electron chi connectivity index (χ3n) is 5.80. The van der Waals surface area contributed by atoms with E-state index in [0.717, 1.165) is 37.6 Å². The smallest absolute Gasteiger partial charge is 0.247 e. The van der Waals surface area contributed by atoms with E-state index in [9.17, 15) is 10.1 Å². The molecule has 0 unspecified atom stereocenters. The molecule has 1 amide bonds. The van der Waals surface area contributed by atoms with Gasteiger partial charge in [0.05, 0.1) is 12.8 Å². The van der Waals surface area contributed by atoms with E-state index in [0.29, 0.717) is 23.0 Å². The highest BCUT2D eigenvalue weighted by atomic mass is 16.5. The molecule has 9 heteroatoms. The van der Waals surface area contributed by atoms with Gasteiger partial charge in [0, 0.05) is 49.7 Å². The summed E-state index contributed by atoms with van der Waals surface area (Å²) in [4.78, 5) is 20.8. The number of ether oxygens (including phenoxy) is 2. The number of nitrogens with zero attached hydrogens (tertiary/aromatic N) is 4. The van der Waals surface area contributed by atoms with Gasteiger partial charge in [-0.1, -0.05) is 12.6 Å². The minimum Gasteiger partial charge on any atom is -0.494 e. The summed E-state index contributed by atoms with van der Waals surface area (Å²) < 4.78 is 11.5. The Balaban J connectivity index is 1.54. The lowest BCUT2D eigenvalue weighted by Gasteiger charge is -2.34. The number of nitriles is 1. The molecule has 1 aliphatic rings. The molecule has 4 rings (SSSR count). The van der Waals surface area contributed by atoms with Gasteiger partial charge < -0.3 is 29.9 Å². The zero-order chi connectivity index (χ0) is 25.5. The number of pyridine rings is 1. The number of carbonyl (C=O) groups is 1. The summed E-state index contributed by atoms with van der Waals surface area (Å²) in [5.74, 6) is 1.41. The van der Waals surface area contributed by atoms with Crippen LogP contribution >= 0.6 is 0 Å². The van der Waals surface area contributed by atoms with Crippen LogP contribution in [-0.4, -0.2) is 56.1 Å². The molecule has 184 valence electrons. The molecule has 1 fully saturated rings. The lowest BCUT2D eigenvalue weighted by atomic mass is 10.2. The Morgan fingerprint density at radius 1 is 1.14 bits per heavy atom. The highest BCUT2D eigenvalue weighted by Crippen LogP contribution is 2.33. The lowest BCUT2D eigenvalue weighted by Crippen LogP contribution is -2.44. The third kappa shape index (κ3) is 5.92. The second-order valence-electron chi connectivity index (χ2n) is 8.28. The monoisotopic (exact) mass is 484 g/mol. The van der Waals surface area contributed by atoms with Crippen molar-refractivity contribution in [2.45, 2.75) is 0 Å². The van der Waals surface area contributed by atoms with Gasteiger partial charge in [-0.2, -0.15) is 10.2 Å². The van der Waals surface area contributed by atoms with Gasteiger partial charge in [0.15, 0.2) is 0 Å². The molecule has 36 heavy (non-hydrogen) atoms. The first-order chi connectivity index (χ1) is 17.5. The number of hydrogen-bond donors (Lipinski definition) is 2. The second kappa shape index (κ2) is 11.3. The number of nitrogens with one attached hydrogen (secondary N) is 2. The first kappa shape index (κ1) is 24.6. The van der Waals surface area contributed by atoms with Crippen LogP contribution in [-0.2, 0) is 4.79 Å². The maximum Gasteiger partial charge on any atom is 0.247 e. The van der Waals surface area contributed by atoms with Crippen LogP contribution in [0, 0.1) is 11.3 Å². The largest absolute Gasteiger partial charge is 0.494 e. The van der Waals surface area contributed by atoms with Crippen LogP contribution in [0.3, 0.4) is 0 Å². The van der Waals surface area contributed by atoms with E-state index in [1.807, 2.05) is 12.1 Å². The van der Waals surface area contributed by atoms with Crippen LogP contribution in [0.2, 0.25) is 0 Å². The molecule has 0 radical (unpaired) electrons. The number of rotatable bonds is 8. The van der Waals surface area contributed by atoms with Crippen LogP contribution < -0.4 is 25.0 Å². The summed E-state index contributed by atoms with van der Waals surface area (Å²) in [6.07, 6.45) is 1.18. The first-order valence-electron chi connectivity index (χ1n) is 11.5. The maximum atomic E-state index is 11.6. The number of carbonyl (C=O) groups excluding carboxylic acids is 1. The summed E-state index contributed by atoms with van der Waals surface area (Å²) in [6, 6.07) is 18.3. The first-order valence-corrected chi connectivity index (χ1v) is 11.5. The molecular formula is C27H28N6O3. The quantitative estimate of drug-likeness (QED) is 0.454. The fourth-order valence-electron chi connectivity index (χ4n) is 3.80. The van der Waals surface area contributed by atoms with Crippen molar-refractivity contribution in [1.82, 2.24) is 9.88 Å². The summed E-state index contributed by atoms with van der Waals surface area (Å²) in [7, 11) is 3.76. The van der Waals surface area contributed by atoms with E-state index in [4.69, 9.17) is 9.47 Å². The van der Waals surface area contributed by atoms with Crippen molar-refractivity contribution in [3.8, 4) is 23.4 Å². The maximum absolute atomic E-state index is 11.6. The normalized spacial score (nSPS) is 13.4. The number of likely N-dealkylation sites (N-methyl/N-ethyl adjacent to an activating group) is 1. The van der Waals surface area contributed by atoms with Gasteiger partial charge in [0.2, 0.25) is 11.8 Å². The molecule has 0 bridgehead atoms. The average molecular weight is 485 g/mol. The van der Waals surface area contributed by atoms with Crippen LogP contribution in [0.5, 0.6) is 17.4 Å². The van der Waals surface area contributed by atoms with Crippen LogP contribution in [0.15, 0.2) is 67.3 Å². The number of benzene rings is 2. The zero-order valence-electron chi connectivity index (χ0n) is 20.3. The molecule has 0 saturated carbocycles. The Bertz CT molecular complexity index is 1290. The molecule has 0 aliphatic carbocycles. The van der Waals surface area contributed by atoms with Gasteiger partial charge in [0.25, 0.3) is 0 Å². The fourth-order valence-corrected chi connectivity index (χ4v) is 3.80. The van der Waals surface area contributed by atoms with E-state index in [-0.39, 0.29) is 17.4 Å². The standard InChI is InChI=1S/C27H28N6O3/c1-4-26(34)29-20-6-5-7-22(16-20)36-27-19(18-28)8-11-25(31-27)30-23-10-9-21(17-24(23)35-3)33-14-12-32(2)13-15-33/h4-11,16-17H,1,12-15H2,2-3H3,(H,29,34)(H,30,31). The Morgan fingerprint density at radius 3 is 2.67 bits per heavy atom. The van der Waals surface area contributed by atoms with E-state index < -0.39 is 0 Å². The van der Waals surface area contributed by atoms with Crippen LogP contribution in [0.1, 0.15) is 5.56 Å². The Morgan fingerprint density at radius 2 is 1.94 bits per heavy atom. The molecule has 1 aliphatic heterocycles. The number of anilines is 4. The van der Waals surface area contributed by atoms with E-state index in [1.165, 1.54) is 6.08 Å². The number of aromatic nitrogens is 1. The van der Waals surface area contributed by atoms with Crippen molar-refractivity contribution in [3.05, 3.63) is 72.8 Å². The predicted octanol–water partition coefficient (Wildman–Crippen LogP) is 4.37. The van der Waals surface area contributed by atoms with Crippen molar-refractivity contribution in [3.63, 3.8) is 0 Å². The minimum absolute atomic E-state index is 0.141. The summed E-state index contributed by atoms with van der Waals surface area (Å²) in [5, 5.41) is 15.5. The number of methoxy groups -OCH3 is 1. The predicted molar refractivity (Wildman–Crippen MR) is 140 cm³/mol. The molecule has 0 atom stereocenters. The molecular weight excluding hydrogens is 456 g/mol. The number of amides is 1. The average Bonchev–Trinajstić information content (AvgIpc) is 2.90. The van der Waals surface area contributed by atoms with E-state index >= 15 is 0 Å². The second-order valence-corrected chi connectivity index (χ2v) is 8.28. The zero-order valence-corrected chi connectivity index (χ0v) is 20.3. The topological polar surface area (TPSA) is 103 Å². The van der Waals surface area contributed by atoms with Gasteiger partial charge in [-0.25, -0.2) is 0 Å². The van der Waals surface area contributed by atoms with Gasteiger partial charge in [-0.3, -0.25) is 4.79 Å². The van der Waals surface area contributed by atoms with Gasteiger partial charge in [-0.05, 0) is 49.5 Å². The SMILES string of the molecule is C=CC(=O)Nc1cccc(Oc2nc(Nc3ccc(N4CCN(C)CC4)cc3OC)ccc2C#N)c1. The molecule has 3 aromatic rings. The van der Waals surface area contributed by atoms with Crippen molar-refractivity contribution in [2.24, 2.45) is 0 Å². The highest BCUT2D eigenvalue weighted by Gasteiger charge is 2.17. The van der Waals surface area contributed by atoms with Crippen molar-refractivity contribution >= 4 is 28.8 Å². The van der Waals surface area contributed by atoms with Crippen LogP contribution in [0.25, 0.3) is 0 Å². The summed E-state index contributed by atoms with van der Waals surface area (Å²) >= 11 is 0. The number of hydrogen-bond acceptors (Lipinski definition) is 8. The third-order valence-corrected chi connectivity index (χ3v) is 5.80. The molecule has 0 spiro atoms. The Hall–Kier alpha value is -4.55. The van der Waals surface area contributed by atoms with Crippen LogP contribution in [0.4, 0.5) is 22.9 Å². The van der Waals surface area contributed by atoms with Gasteiger partial charge >= 0.3 is 0 Å². The summed E-state index contributed by atoms with van der Waals surface area (Å²) in [6.45, 7) is 7.41. The Labute approximate surface area is 210 Å². The molecule has 9 nitrogen and oxygen atoms in total. The van der Waals surface area contributed by atoms with Gasteiger partial charge in [0.1, 0.15) is 28.9 Å². The van der Waals surface area contributed by atoms with Crippen molar-refractivity contribution in [2.75, 3.05) is 55.9 Å². The van der Waals surface area contributed by atoms with E-state index in [1.54, 1.807) is 43.5 Å². The molecule has 1 aromatic heterocycles. The lowest BCUT2D eigenvalue weighted by molar-refractivity contribution is -0.111. The van der Waals surface area contributed by atoms with Gasteiger partial charge in [-0.15, -0.1) is 0 Å². The van der Waals surface area contributed by atoms with Crippen molar-refractivity contribution < 1.29 is 14.3 Å². The van der Waals surface area contributed by atoms with Crippen molar-refractivity contribution in [1.29, 1.82) is 5.26 Å². The Kier molecular flexibility index (Phi) is 7.68. The molecule has 2 aromatic carbocycles. The molecule has 2 N–H and O–H groups in total. The molecule has 1 saturated heterocycles. The molecule has 2 heterocycles. The number of piperazine rings is 1. The highest BCUT2D eigenvalue weighted by molar-refractivity contribution is 5.98. The fraction of sp³-hybridized carbons (Fsp3) is 0.222. The minimum atomic E-state index is -0.332.